The van der Waals surface area contributed by atoms with Gasteiger partial charge in [0.15, 0.2) is 0 Å². The number of halogens is 3. The van der Waals surface area contributed by atoms with Crippen molar-refractivity contribution in [3.63, 3.8) is 0 Å². The minimum Gasteiger partial charge on any atom is -0.0622 e. The number of benzene rings is 5. The first-order valence-corrected chi connectivity index (χ1v) is 19.6. The number of hydrogen-bond acceptors (Lipinski definition) is 0. The maximum absolute atomic E-state index is 4.95. The molecule has 0 aliphatic carbocycles. The van der Waals surface area contributed by atoms with Crippen molar-refractivity contribution in [2.45, 2.75) is 0 Å². The summed E-state index contributed by atoms with van der Waals surface area (Å²) in [5, 5.41) is 4.19. The molecule has 37 heavy (non-hydrogen) atoms. The van der Waals surface area contributed by atoms with E-state index in [1.807, 2.05) is 36.4 Å². The molecule has 0 N–H and O–H groups in total. The Morgan fingerprint density at radius 1 is 0.378 bits per heavy atom. The van der Waals surface area contributed by atoms with Crippen LogP contribution in [0.3, 0.4) is 0 Å². The van der Waals surface area contributed by atoms with Gasteiger partial charge in [-0.15, -0.1) is 0 Å². The minimum atomic E-state index is -1.75. The maximum Gasteiger partial charge on any atom is -0.0134 e. The average Bonchev–Trinajstić information content (AvgIpc) is 2.95. The van der Waals surface area contributed by atoms with Gasteiger partial charge >= 0.3 is 42.1 Å². The Bertz CT molecular complexity index is 1150. The van der Waals surface area contributed by atoms with E-state index in [4.69, 9.17) is 29.1 Å². The Kier molecular flexibility index (Phi) is 13.7. The minimum absolute atomic E-state index is 0.446. The Hall–Kier alpha value is -2.24. The zero-order chi connectivity index (χ0) is 26.1. The van der Waals surface area contributed by atoms with E-state index in [2.05, 4.69) is 127 Å². The molecule has 0 aliphatic rings. The standard InChI is InChI=1S/C18H15P.C14H12.3ClH.Ru/c1-4-10-16(11-5-1)19(17-12-6-2-7-13-17)18-14-8-3-9-15-18;1-3-7-13(8-4-1)11-12-14-9-5-2-6-10-14;;;;/h1-15H;1-12H;3*1H;/q;;;;;+3/p-3. The van der Waals surface area contributed by atoms with Gasteiger partial charge in [0.1, 0.15) is 0 Å². The molecule has 0 atom stereocenters. The zero-order valence-electron chi connectivity index (χ0n) is 20.0. The van der Waals surface area contributed by atoms with Crippen molar-refractivity contribution < 1.29 is 13.0 Å². The van der Waals surface area contributed by atoms with Gasteiger partial charge in [-0.3, -0.25) is 0 Å². The van der Waals surface area contributed by atoms with E-state index in [9.17, 15) is 0 Å². The molecule has 0 radical (unpaired) electrons. The first-order chi connectivity index (χ1) is 18.1. The van der Waals surface area contributed by atoms with Crippen LogP contribution in [0.5, 0.6) is 0 Å². The smallest absolute Gasteiger partial charge is 0.0134 e. The van der Waals surface area contributed by atoms with Gasteiger partial charge in [0, 0.05) is 0 Å². The van der Waals surface area contributed by atoms with Crippen molar-refractivity contribution in [3.05, 3.63) is 163 Å². The third-order valence-electron chi connectivity index (χ3n) is 5.11. The third-order valence-corrected chi connectivity index (χ3v) is 7.55. The third kappa shape index (κ3) is 11.4. The Balaban J connectivity index is 0.000000186. The molecule has 5 aromatic carbocycles. The predicted molar refractivity (Wildman–Crippen MR) is 165 cm³/mol. The van der Waals surface area contributed by atoms with Gasteiger partial charge in [-0.2, -0.15) is 0 Å². The van der Waals surface area contributed by atoms with Gasteiger partial charge in [0.05, 0.1) is 0 Å². The van der Waals surface area contributed by atoms with Crippen LogP contribution in [0.1, 0.15) is 11.1 Å². The second-order valence-corrected chi connectivity index (χ2v) is 17.8. The van der Waals surface area contributed by atoms with Gasteiger partial charge in [0.25, 0.3) is 0 Å². The van der Waals surface area contributed by atoms with Gasteiger partial charge in [0.2, 0.25) is 0 Å². The van der Waals surface area contributed by atoms with E-state index >= 15 is 0 Å². The summed E-state index contributed by atoms with van der Waals surface area (Å²) in [6, 6.07) is 53.0. The molecule has 0 amide bonds. The van der Waals surface area contributed by atoms with Crippen molar-refractivity contribution >= 4 is 65.1 Å². The molecule has 0 unspecified atom stereocenters. The van der Waals surface area contributed by atoms with Crippen LogP contribution in [0.15, 0.2) is 152 Å². The fraction of sp³-hybridized carbons (Fsp3) is 0. The van der Waals surface area contributed by atoms with Gasteiger partial charge in [-0.1, -0.05) is 164 Å². The summed E-state index contributed by atoms with van der Waals surface area (Å²) in [6.45, 7) is 0. The van der Waals surface area contributed by atoms with Crippen molar-refractivity contribution in [2.24, 2.45) is 0 Å². The fourth-order valence-electron chi connectivity index (χ4n) is 3.50. The molecule has 0 bridgehead atoms. The molecule has 5 aromatic rings. The topological polar surface area (TPSA) is 0 Å². The second kappa shape index (κ2) is 17.3. The van der Waals surface area contributed by atoms with Crippen molar-refractivity contribution in [2.75, 3.05) is 0 Å². The Morgan fingerprint density at radius 2 is 0.595 bits per heavy atom. The van der Waals surface area contributed by atoms with Gasteiger partial charge in [-0.25, -0.2) is 0 Å². The van der Waals surface area contributed by atoms with Crippen molar-refractivity contribution in [1.82, 2.24) is 0 Å². The van der Waals surface area contributed by atoms with Crippen molar-refractivity contribution in [3.8, 4) is 0 Å². The van der Waals surface area contributed by atoms with Crippen LogP contribution in [0.4, 0.5) is 0 Å². The van der Waals surface area contributed by atoms with E-state index in [0.717, 1.165) is 0 Å². The van der Waals surface area contributed by atoms with Crippen LogP contribution in [0.2, 0.25) is 0 Å². The largest absolute Gasteiger partial charge is 0.0622 e. The molecule has 0 spiro atoms. The second-order valence-electron chi connectivity index (χ2n) is 7.65. The van der Waals surface area contributed by atoms with E-state index in [0.29, 0.717) is 0 Å². The first kappa shape index (κ1) is 29.3. The van der Waals surface area contributed by atoms with Crippen LogP contribution in [-0.4, -0.2) is 0 Å². The molecule has 5 heteroatoms. The molecule has 5 rings (SSSR count). The summed E-state index contributed by atoms with van der Waals surface area (Å²) in [7, 11) is 14.4. The molecule has 0 saturated carbocycles. The molecule has 0 fully saturated rings. The van der Waals surface area contributed by atoms with E-state index in [-0.39, 0.29) is 0 Å². The average molecular weight is 650 g/mol. The van der Waals surface area contributed by atoms with Gasteiger partial charge < -0.3 is 0 Å². The van der Waals surface area contributed by atoms with Gasteiger partial charge in [-0.05, 0) is 35.0 Å². The molecule has 0 saturated heterocycles. The summed E-state index contributed by atoms with van der Waals surface area (Å²) in [4.78, 5) is 0. The van der Waals surface area contributed by atoms with Crippen LogP contribution in [0.25, 0.3) is 12.2 Å². The van der Waals surface area contributed by atoms with E-state index in [1.165, 1.54) is 27.0 Å². The first-order valence-electron chi connectivity index (χ1n) is 11.5. The van der Waals surface area contributed by atoms with Crippen LogP contribution >= 0.6 is 37.0 Å². The molecule has 0 aliphatic heterocycles. The molecular weight excluding hydrogens is 623 g/mol. The molecule has 0 aromatic heterocycles. The summed E-state index contributed by atoms with van der Waals surface area (Å²) >= 11 is -1.75. The van der Waals surface area contributed by atoms with Crippen LogP contribution in [-0.2, 0) is 13.0 Å². The summed E-state index contributed by atoms with van der Waals surface area (Å²) in [6.07, 6.45) is 4.24. The normalized spacial score (nSPS) is 10.6. The summed E-state index contributed by atoms with van der Waals surface area (Å²) < 4.78 is 0. The molecular formula is C32H27Cl3PRu. The van der Waals surface area contributed by atoms with E-state index in [1.54, 1.807) is 0 Å². The summed E-state index contributed by atoms with van der Waals surface area (Å²) in [5.41, 5.74) is 2.47. The Morgan fingerprint density at radius 3 is 0.838 bits per heavy atom. The molecule has 189 valence electrons. The van der Waals surface area contributed by atoms with Crippen LogP contribution in [0, 0.1) is 0 Å². The van der Waals surface area contributed by atoms with Crippen LogP contribution < -0.4 is 15.9 Å². The summed E-state index contributed by atoms with van der Waals surface area (Å²) in [5.74, 6) is 0. The fourth-order valence-corrected chi connectivity index (χ4v) is 5.80. The number of hydrogen-bond donors (Lipinski definition) is 0. The zero-order valence-corrected chi connectivity index (χ0v) is 24.9. The molecule has 0 heterocycles. The SMILES string of the molecule is C(=Cc1ccccc1)c1ccccc1.[Cl][Ru]([Cl])[Cl].c1ccc(P(c2ccccc2)c2ccccc2)cc1. The monoisotopic (exact) mass is 649 g/mol. The predicted octanol–water partition coefficient (Wildman–Crippen LogP) is 9.37. The number of rotatable bonds is 5. The maximum atomic E-state index is 4.95. The van der Waals surface area contributed by atoms with E-state index < -0.39 is 20.9 Å². The molecule has 0 nitrogen and oxygen atoms in total. The quantitative estimate of drug-likeness (QED) is 0.101. The Labute approximate surface area is 239 Å². The van der Waals surface area contributed by atoms with Crippen molar-refractivity contribution in [1.29, 1.82) is 0 Å².